The minimum atomic E-state index is -4.10. The topological polar surface area (TPSA) is 143 Å². The van der Waals surface area contributed by atoms with Crippen LogP contribution in [0.2, 0.25) is 5.02 Å². The molecule has 4 aromatic rings. The number of fused-ring (bicyclic) bond motifs is 2. The molecule has 1 aromatic heterocycles. The molecule has 1 heterocycles. The summed E-state index contributed by atoms with van der Waals surface area (Å²) in [5, 5.41) is 17.6. The first kappa shape index (κ1) is 33.9. The van der Waals surface area contributed by atoms with Crippen LogP contribution >= 0.6 is 11.6 Å². The minimum absolute atomic E-state index is 0.00426. The molecular weight excluding hydrogens is 657 g/mol. The molecule has 0 spiro atoms. The van der Waals surface area contributed by atoms with Gasteiger partial charge in [0.15, 0.2) is 0 Å². The number of nitrogens with zero attached hydrogens (tertiary/aromatic N) is 2. The van der Waals surface area contributed by atoms with Gasteiger partial charge >= 0.3 is 6.09 Å². The van der Waals surface area contributed by atoms with Crippen LogP contribution < -0.4 is 15.4 Å². The monoisotopic (exact) mass is 695 g/mol. The normalized spacial score (nSPS) is 19.5. The summed E-state index contributed by atoms with van der Waals surface area (Å²) >= 11 is 6.22. The summed E-state index contributed by atoms with van der Waals surface area (Å²) in [6.45, 7) is 7.17. The Labute approximate surface area is 284 Å². The third kappa shape index (κ3) is 7.35. The lowest BCUT2D eigenvalue weighted by molar-refractivity contribution is 0.0492. The number of hydrogen-bond donors (Lipinski definition) is 4. The minimum Gasteiger partial charge on any atom is -0.444 e. The van der Waals surface area contributed by atoms with Gasteiger partial charge in [-0.15, -0.1) is 0 Å². The van der Waals surface area contributed by atoms with Gasteiger partial charge in [0, 0.05) is 34.3 Å². The molecular formula is C35H39ClFN5O5S. The van der Waals surface area contributed by atoms with E-state index in [2.05, 4.69) is 25.3 Å². The molecule has 3 aromatic carbocycles. The number of sulfonamides is 1. The van der Waals surface area contributed by atoms with Crippen LogP contribution in [0.25, 0.3) is 22.0 Å². The molecule has 0 saturated heterocycles. The van der Waals surface area contributed by atoms with E-state index in [0.29, 0.717) is 51.9 Å². The van der Waals surface area contributed by atoms with Gasteiger partial charge in [0.05, 0.1) is 22.2 Å². The van der Waals surface area contributed by atoms with Crippen LogP contribution in [0.3, 0.4) is 0 Å². The van der Waals surface area contributed by atoms with Crippen LogP contribution in [0.15, 0.2) is 53.6 Å². The number of hydrogen-bond acceptors (Lipinski definition) is 8. The molecule has 1 amide bonds. The molecule has 10 nitrogen and oxygen atoms in total. The summed E-state index contributed by atoms with van der Waals surface area (Å²) in [6, 6.07) is 11.1. The average molecular weight is 696 g/mol. The molecule has 254 valence electrons. The van der Waals surface area contributed by atoms with Gasteiger partial charge in [0.2, 0.25) is 5.95 Å². The van der Waals surface area contributed by atoms with E-state index in [1.807, 2.05) is 20.8 Å². The Morgan fingerprint density at radius 3 is 2.50 bits per heavy atom. The summed E-state index contributed by atoms with van der Waals surface area (Å²) in [7, 11) is -4.10. The Morgan fingerprint density at radius 1 is 1.04 bits per heavy atom. The van der Waals surface area contributed by atoms with Crippen LogP contribution in [-0.2, 0) is 21.2 Å². The Balaban J connectivity index is 1.17. The number of alkyl carbamates (subject to hydrolysis) is 1. The number of benzene rings is 3. The Hall–Kier alpha value is -4.00. The SMILES string of the molecule is Cc1c(NS(=O)(=O)c2cc(Cl)cc3c2CC[C@H]3O)ccc(F)c1-c1ccc2nc(NC3CCC(NC(=O)OC(C)(C)C)CC3)ncc2c1. The highest BCUT2D eigenvalue weighted by Gasteiger charge is 2.30. The highest BCUT2D eigenvalue weighted by molar-refractivity contribution is 7.92. The molecule has 1 fully saturated rings. The number of amides is 1. The lowest BCUT2D eigenvalue weighted by Crippen LogP contribution is -2.42. The smallest absolute Gasteiger partial charge is 0.407 e. The standard InChI is InChI=1S/C35H39ClFN5O5S/c1-19-28(42-48(45,46)31-17-22(36)16-26-25(31)10-14-30(26)43)13-11-27(37)32(19)20-5-12-29-21(15-20)18-38-33(41-29)39-23-6-8-24(9-7-23)40-34(44)47-35(2,3)4/h5,11-13,15-18,23-24,30,42-43H,6-10,14H2,1-4H3,(H,40,44)(H,38,39,41)/t23?,24?,30-/m1/s1. The fourth-order valence-electron chi connectivity index (χ4n) is 6.51. The first-order valence-corrected chi connectivity index (χ1v) is 17.9. The average Bonchev–Trinajstić information content (AvgIpc) is 3.38. The second-order valence-electron chi connectivity index (χ2n) is 13.5. The largest absolute Gasteiger partial charge is 0.444 e. The maximum absolute atomic E-state index is 15.3. The predicted molar refractivity (Wildman–Crippen MR) is 184 cm³/mol. The van der Waals surface area contributed by atoms with Crippen molar-refractivity contribution in [3.05, 3.63) is 76.2 Å². The van der Waals surface area contributed by atoms with Crippen molar-refractivity contribution in [3.8, 4) is 11.1 Å². The van der Waals surface area contributed by atoms with Crippen molar-refractivity contribution in [1.29, 1.82) is 0 Å². The van der Waals surface area contributed by atoms with Gasteiger partial charge in [-0.3, -0.25) is 4.72 Å². The van der Waals surface area contributed by atoms with Crippen molar-refractivity contribution in [2.24, 2.45) is 0 Å². The van der Waals surface area contributed by atoms with Crippen molar-refractivity contribution in [2.75, 3.05) is 10.0 Å². The third-order valence-corrected chi connectivity index (χ3v) is 10.5. The van der Waals surface area contributed by atoms with Crippen LogP contribution in [0.1, 0.15) is 75.7 Å². The maximum Gasteiger partial charge on any atom is 0.407 e. The van der Waals surface area contributed by atoms with E-state index in [0.717, 1.165) is 25.7 Å². The lowest BCUT2D eigenvalue weighted by Gasteiger charge is -2.30. The molecule has 0 radical (unpaired) electrons. The van der Waals surface area contributed by atoms with E-state index in [9.17, 15) is 18.3 Å². The number of carbonyl (C=O) groups excluding carboxylic acids is 1. The van der Waals surface area contributed by atoms with Gasteiger partial charge < -0.3 is 20.5 Å². The molecule has 2 aliphatic rings. The van der Waals surface area contributed by atoms with E-state index >= 15 is 4.39 Å². The number of anilines is 2. The maximum atomic E-state index is 15.3. The van der Waals surface area contributed by atoms with Crippen molar-refractivity contribution < 1.29 is 27.4 Å². The first-order chi connectivity index (χ1) is 22.7. The number of halogens is 2. The van der Waals surface area contributed by atoms with Crippen molar-refractivity contribution in [1.82, 2.24) is 15.3 Å². The fourth-order valence-corrected chi connectivity index (χ4v) is 8.25. The number of aliphatic hydroxyl groups excluding tert-OH is 1. The number of aromatic nitrogens is 2. The van der Waals surface area contributed by atoms with Crippen LogP contribution in [0.4, 0.5) is 20.8 Å². The van der Waals surface area contributed by atoms with Crippen LogP contribution in [0.5, 0.6) is 0 Å². The number of ether oxygens (including phenoxy) is 1. The van der Waals surface area contributed by atoms with E-state index < -0.39 is 33.6 Å². The summed E-state index contributed by atoms with van der Waals surface area (Å²) < 4.78 is 50.5. The number of carbonyl (C=O) groups is 1. The summed E-state index contributed by atoms with van der Waals surface area (Å²) in [4.78, 5) is 21.3. The zero-order valence-corrected chi connectivity index (χ0v) is 28.8. The van der Waals surface area contributed by atoms with Gasteiger partial charge in [0.1, 0.15) is 11.4 Å². The third-order valence-electron chi connectivity index (χ3n) is 8.83. The highest BCUT2D eigenvalue weighted by Crippen LogP contribution is 2.39. The number of nitrogens with one attached hydrogen (secondary N) is 3. The van der Waals surface area contributed by atoms with Gasteiger partial charge in [-0.2, -0.15) is 0 Å². The Morgan fingerprint density at radius 2 is 1.77 bits per heavy atom. The van der Waals surface area contributed by atoms with E-state index in [1.165, 1.54) is 18.2 Å². The Kier molecular flexibility index (Phi) is 9.27. The van der Waals surface area contributed by atoms with Crippen molar-refractivity contribution >= 4 is 50.3 Å². The van der Waals surface area contributed by atoms with E-state index in [4.69, 9.17) is 16.3 Å². The van der Waals surface area contributed by atoms with Crippen LogP contribution in [-0.4, -0.2) is 47.3 Å². The molecule has 6 rings (SSSR count). The molecule has 0 unspecified atom stereocenters. The second-order valence-corrected chi connectivity index (χ2v) is 15.6. The van der Waals surface area contributed by atoms with Crippen molar-refractivity contribution in [2.45, 2.75) is 94.9 Å². The molecule has 0 aliphatic heterocycles. The molecule has 0 bridgehead atoms. The Bertz CT molecular complexity index is 1990. The van der Waals surface area contributed by atoms with Gasteiger partial charge in [-0.25, -0.2) is 27.6 Å². The molecule has 48 heavy (non-hydrogen) atoms. The van der Waals surface area contributed by atoms with E-state index in [-0.39, 0.29) is 33.3 Å². The van der Waals surface area contributed by atoms with Crippen LogP contribution in [0, 0.1) is 12.7 Å². The summed E-state index contributed by atoms with van der Waals surface area (Å²) in [5.74, 6) is -0.0184. The number of rotatable bonds is 7. The lowest BCUT2D eigenvalue weighted by atomic mass is 9.91. The molecule has 1 atom stereocenters. The van der Waals surface area contributed by atoms with Crippen molar-refractivity contribution in [3.63, 3.8) is 0 Å². The number of aliphatic hydroxyl groups is 1. The zero-order valence-electron chi connectivity index (χ0n) is 27.2. The van der Waals surface area contributed by atoms with Gasteiger partial charge in [-0.1, -0.05) is 17.7 Å². The van der Waals surface area contributed by atoms with Gasteiger partial charge in [-0.05, 0) is 125 Å². The summed E-state index contributed by atoms with van der Waals surface area (Å²) in [6.07, 6.45) is 4.60. The predicted octanol–water partition coefficient (Wildman–Crippen LogP) is 7.43. The molecule has 2 aliphatic carbocycles. The first-order valence-electron chi connectivity index (χ1n) is 16.0. The molecule has 13 heteroatoms. The highest BCUT2D eigenvalue weighted by atomic mass is 35.5. The molecule has 1 saturated carbocycles. The van der Waals surface area contributed by atoms with E-state index in [1.54, 1.807) is 37.4 Å². The fraction of sp³-hybridized carbons (Fsp3) is 0.400. The summed E-state index contributed by atoms with van der Waals surface area (Å²) in [5.41, 5.74) is 2.61. The van der Waals surface area contributed by atoms with Gasteiger partial charge in [0.25, 0.3) is 10.0 Å². The quantitative estimate of drug-likeness (QED) is 0.156. The zero-order chi connectivity index (χ0) is 34.4. The molecule has 4 N–H and O–H groups in total. The second kappa shape index (κ2) is 13.1.